The van der Waals surface area contributed by atoms with Gasteiger partial charge in [0.25, 0.3) is 0 Å². The fourth-order valence-corrected chi connectivity index (χ4v) is 2.32. The van der Waals surface area contributed by atoms with Crippen molar-refractivity contribution >= 4 is 5.69 Å². The average Bonchev–Trinajstić information content (AvgIpc) is 2.30. The van der Waals surface area contributed by atoms with Gasteiger partial charge in [0.05, 0.1) is 6.04 Å². The van der Waals surface area contributed by atoms with Crippen molar-refractivity contribution in [2.75, 3.05) is 38.1 Å². The second-order valence-electron chi connectivity index (χ2n) is 4.51. The van der Waals surface area contributed by atoms with Crippen LogP contribution >= 0.6 is 0 Å². The number of rotatable bonds is 2. The maximum absolute atomic E-state index is 5.86. The van der Waals surface area contributed by atoms with Gasteiger partial charge >= 0.3 is 0 Å². The topological polar surface area (TPSA) is 45.4 Å². The minimum atomic E-state index is 0.417. The van der Waals surface area contributed by atoms with Crippen molar-refractivity contribution in [2.45, 2.75) is 13.0 Å². The molecule has 0 saturated carbocycles. The summed E-state index contributed by atoms with van der Waals surface area (Å²) < 4.78 is 0. The van der Waals surface area contributed by atoms with Crippen LogP contribution in [0.5, 0.6) is 0 Å². The van der Waals surface area contributed by atoms with Crippen LogP contribution in [-0.4, -0.2) is 49.2 Å². The van der Waals surface area contributed by atoms with Gasteiger partial charge in [-0.15, -0.1) is 0 Å². The van der Waals surface area contributed by atoms with Crippen molar-refractivity contribution in [3.8, 4) is 0 Å². The summed E-state index contributed by atoms with van der Waals surface area (Å²) in [6, 6.07) is 2.50. The summed E-state index contributed by atoms with van der Waals surface area (Å²) >= 11 is 0. The number of aryl methyl sites for hydroxylation is 1. The highest BCUT2D eigenvalue weighted by Gasteiger charge is 2.24. The van der Waals surface area contributed by atoms with E-state index in [0.29, 0.717) is 12.6 Å². The first-order chi connectivity index (χ1) is 7.72. The zero-order valence-corrected chi connectivity index (χ0v) is 10.1. The minimum absolute atomic E-state index is 0.417. The molecule has 1 atom stereocenters. The molecule has 4 nitrogen and oxygen atoms in total. The number of pyridine rings is 1. The molecule has 4 heteroatoms. The maximum atomic E-state index is 5.86. The number of nitrogens with two attached hydrogens (primary N) is 1. The lowest BCUT2D eigenvalue weighted by Gasteiger charge is -2.41. The second kappa shape index (κ2) is 4.80. The van der Waals surface area contributed by atoms with E-state index in [1.165, 1.54) is 11.3 Å². The molecule has 0 bridgehead atoms. The van der Waals surface area contributed by atoms with Crippen LogP contribution in [0.15, 0.2) is 18.5 Å². The summed E-state index contributed by atoms with van der Waals surface area (Å²) in [5, 5.41) is 0. The van der Waals surface area contributed by atoms with Crippen LogP contribution in [0.3, 0.4) is 0 Å². The predicted octanol–water partition coefficient (Wildman–Crippen LogP) is 0.469. The van der Waals surface area contributed by atoms with Gasteiger partial charge in [-0.2, -0.15) is 0 Å². The summed E-state index contributed by atoms with van der Waals surface area (Å²) in [7, 11) is 2.15. The lowest BCUT2D eigenvalue weighted by molar-refractivity contribution is 0.269. The molecule has 0 radical (unpaired) electrons. The molecule has 16 heavy (non-hydrogen) atoms. The quantitative estimate of drug-likeness (QED) is 0.787. The molecule has 1 saturated heterocycles. The highest BCUT2D eigenvalue weighted by molar-refractivity contribution is 5.53. The SMILES string of the molecule is Cc1cnccc1N1CCN(C)CC1CN. The Morgan fingerprint density at radius 1 is 1.50 bits per heavy atom. The second-order valence-corrected chi connectivity index (χ2v) is 4.51. The third kappa shape index (κ3) is 2.18. The van der Waals surface area contributed by atoms with Crippen molar-refractivity contribution in [3.05, 3.63) is 24.0 Å². The van der Waals surface area contributed by atoms with Gasteiger partial charge in [0.1, 0.15) is 0 Å². The lowest BCUT2D eigenvalue weighted by atomic mass is 10.1. The van der Waals surface area contributed by atoms with Crippen LogP contribution in [0.4, 0.5) is 5.69 Å². The third-order valence-corrected chi connectivity index (χ3v) is 3.26. The molecule has 1 aromatic rings. The monoisotopic (exact) mass is 220 g/mol. The Labute approximate surface area is 97.1 Å². The van der Waals surface area contributed by atoms with E-state index in [1.807, 2.05) is 12.4 Å². The van der Waals surface area contributed by atoms with E-state index < -0.39 is 0 Å². The number of likely N-dealkylation sites (N-methyl/N-ethyl adjacent to an activating group) is 1. The molecule has 0 amide bonds. The van der Waals surface area contributed by atoms with Crippen LogP contribution in [0.2, 0.25) is 0 Å². The van der Waals surface area contributed by atoms with Crippen LogP contribution < -0.4 is 10.6 Å². The molecule has 1 aliphatic rings. The molecule has 2 rings (SSSR count). The largest absolute Gasteiger partial charge is 0.364 e. The summed E-state index contributed by atoms with van der Waals surface area (Å²) in [6.07, 6.45) is 3.77. The molecule has 1 fully saturated rings. The summed E-state index contributed by atoms with van der Waals surface area (Å²) in [4.78, 5) is 8.89. The van der Waals surface area contributed by atoms with Gasteiger partial charge in [0.15, 0.2) is 0 Å². The molecule has 0 spiro atoms. The van der Waals surface area contributed by atoms with Gasteiger partial charge in [0, 0.05) is 44.3 Å². The summed E-state index contributed by atoms with van der Waals surface area (Å²) in [5.41, 5.74) is 8.36. The number of hydrogen-bond acceptors (Lipinski definition) is 4. The number of piperazine rings is 1. The van der Waals surface area contributed by atoms with Gasteiger partial charge in [0.2, 0.25) is 0 Å². The lowest BCUT2D eigenvalue weighted by Crippen LogP contribution is -2.55. The van der Waals surface area contributed by atoms with Gasteiger partial charge in [-0.3, -0.25) is 4.98 Å². The van der Waals surface area contributed by atoms with E-state index in [0.717, 1.165) is 19.6 Å². The minimum Gasteiger partial charge on any atom is -0.364 e. The first kappa shape index (κ1) is 11.4. The zero-order chi connectivity index (χ0) is 11.5. The molecule has 1 aliphatic heterocycles. The highest BCUT2D eigenvalue weighted by Crippen LogP contribution is 2.22. The standard InChI is InChI=1S/C12H20N4/c1-10-8-14-4-3-12(10)16-6-5-15(2)9-11(16)7-13/h3-4,8,11H,5-7,9,13H2,1-2H3. The van der Waals surface area contributed by atoms with Crippen molar-refractivity contribution in [1.82, 2.24) is 9.88 Å². The highest BCUT2D eigenvalue weighted by atomic mass is 15.3. The Morgan fingerprint density at radius 2 is 2.31 bits per heavy atom. The van der Waals surface area contributed by atoms with Gasteiger partial charge in [-0.25, -0.2) is 0 Å². The van der Waals surface area contributed by atoms with E-state index >= 15 is 0 Å². The van der Waals surface area contributed by atoms with Crippen LogP contribution in [0.25, 0.3) is 0 Å². The number of hydrogen-bond donors (Lipinski definition) is 1. The van der Waals surface area contributed by atoms with E-state index in [2.05, 4.69) is 34.8 Å². The van der Waals surface area contributed by atoms with E-state index in [9.17, 15) is 0 Å². The Morgan fingerprint density at radius 3 is 3.00 bits per heavy atom. The fraction of sp³-hybridized carbons (Fsp3) is 0.583. The Kier molecular flexibility index (Phi) is 3.41. The average molecular weight is 220 g/mol. The first-order valence-corrected chi connectivity index (χ1v) is 5.78. The fourth-order valence-electron chi connectivity index (χ4n) is 2.32. The van der Waals surface area contributed by atoms with Crippen molar-refractivity contribution in [3.63, 3.8) is 0 Å². The molecular weight excluding hydrogens is 200 g/mol. The van der Waals surface area contributed by atoms with Crippen LogP contribution in [-0.2, 0) is 0 Å². The maximum Gasteiger partial charge on any atom is 0.0539 e. The number of aromatic nitrogens is 1. The third-order valence-electron chi connectivity index (χ3n) is 3.26. The molecule has 1 unspecified atom stereocenters. The zero-order valence-electron chi connectivity index (χ0n) is 10.1. The van der Waals surface area contributed by atoms with E-state index in [4.69, 9.17) is 5.73 Å². The van der Waals surface area contributed by atoms with Crippen molar-refractivity contribution in [1.29, 1.82) is 0 Å². The number of nitrogens with zero attached hydrogens (tertiary/aromatic N) is 3. The first-order valence-electron chi connectivity index (χ1n) is 5.78. The van der Waals surface area contributed by atoms with Crippen LogP contribution in [0, 0.1) is 6.92 Å². The Hall–Kier alpha value is -1.13. The van der Waals surface area contributed by atoms with E-state index in [1.54, 1.807) is 0 Å². The van der Waals surface area contributed by atoms with E-state index in [-0.39, 0.29) is 0 Å². The van der Waals surface area contributed by atoms with Gasteiger partial charge < -0.3 is 15.5 Å². The molecule has 1 aromatic heterocycles. The Balaban J connectivity index is 2.22. The van der Waals surface area contributed by atoms with Crippen molar-refractivity contribution in [2.24, 2.45) is 5.73 Å². The molecule has 2 N–H and O–H groups in total. The van der Waals surface area contributed by atoms with Gasteiger partial charge in [-0.05, 0) is 25.6 Å². The normalized spacial score (nSPS) is 22.4. The summed E-state index contributed by atoms with van der Waals surface area (Å²) in [5.74, 6) is 0. The van der Waals surface area contributed by atoms with Crippen LogP contribution in [0.1, 0.15) is 5.56 Å². The molecule has 0 aromatic carbocycles. The molecule has 88 valence electrons. The molecule has 0 aliphatic carbocycles. The van der Waals surface area contributed by atoms with Crippen molar-refractivity contribution < 1.29 is 0 Å². The number of anilines is 1. The van der Waals surface area contributed by atoms with Gasteiger partial charge in [-0.1, -0.05) is 0 Å². The predicted molar refractivity (Wildman–Crippen MR) is 66.7 cm³/mol. The smallest absolute Gasteiger partial charge is 0.0539 e. The summed E-state index contributed by atoms with van der Waals surface area (Å²) in [6.45, 7) is 5.99. The Bertz CT molecular complexity index is 353. The molecule has 2 heterocycles. The molecular formula is C12H20N4.